The van der Waals surface area contributed by atoms with Crippen LogP contribution in [-0.2, 0) is 6.42 Å². The van der Waals surface area contributed by atoms with Gasteiger partial charge >= 0.3 is 6.36 Å². The zero-order valence-electron chi connectivity index (χ0n) is 16.9. The summed E-state index contributed by atoms with van der Waals surface area (Å²) >= 11 is 0. The highest BCUT2D eigenvalue weighted by Crippen LogP contribution is 2.28. The summed E-state index contributed by atoms with van der Waals surface area (Å²) in [4.78, 5) is 8.79. The van der Waals surface area contributed by atoms with Crippen molar-refractivity contribution < 1.29 is 23.0 Å². The van der Waals surface area contributed by atoms with Crippen LogP contribution in [0.4, 0.5) is 24.9 Å². The minimum atomic E-state index is -4.78. The number of hydrogen-bond acceptors (Lipinski definition) is 6. The van der Waals surface area contributed by atoms with E-state index in [1.54, 1.807) is 19.1 Å². The number of anilines is 2. The van der Waals surface area contributed by atoms with Crippen molar-refractivity contribution in [2.75, 3.05) is 23.8 Å². The zero-order chi connectivity index (χ0) is 22.3. The first-order valence-corrected chi connectivity index (χ1v) is 9.73. The molecule has 1 atom stereocenters. The van der Waals surface area contributed by atoms with Crippen molar-refractivity contribution >= 4 is 11.8 Å². The van der Waals surface area contributed by atoms with Gasteiger partial charge < -0.3 is 20.5 Å². The molecule has 1 heterocycles. The molecule has 0 saturated heterocycles. The number of aliphatic hydroxyl groups excluding tert-OH is 1. The molecule has 0 amide bonds. The summed E-state index contributed by atoms with van der Waals surface area (Å²) in [6.07, 6.45) is -4.01. The van der Waals surface area contributed by atoms with E-state index in [2.05, 4.69) is 25.3 Å². The number of rotatable bonds is 9. The van der Waals surface area contributed by atoms with Crippen molar-refractivity contribution in [3.05, 3.63) is 66.2 Å². The van der Waals surface area contributed by atoms with Crippen molar-refractivity contribution in [1.29, 1.82) is 0 Å². The van der Waals surface area contributed by atoms with Crippen LogP contribution < -0.4 is 15.4 Å². The lowest BCUT2D eigenvalue weighted by molar-refractivity contribution is -0.274. The van der Waals surface area contributed by atoms with Gasteiger partial charge in [0.25, 0.3) is 0 Å². The number of ether oxygens (including phenoxy) is 1. The lowest BCUT2D eigenvalue weighted by Crippen LogP contribution is -2.21. The molecular formula is C22H23F3N4O2. The molecule has 0 fully saturated rings. The van der Waals surface area contributed by atoms with Crippen LogP contribution >= 0.6 is 0 Å². The number of halogens is 3. The Balaban J connectivity index is 1.84. The topological polar surface area (TPSA) is 79.3 Å². The van der Waals surface area contributed by atoms with Gasteiger partial charge in [-0.15, -0.1) is 13.2 Å². The Morgan fingerprint density at radius 2 is 1.81 bits per heavy atom. The van der Waals surface area contributed by atoms with E-state index in [1.165, 1.54) is 18.2 Å². The number of alkyl halides is 3. The Kier molecular flexibility index (Phi) is 7.30. The molecule has 0 saturated carbocycles. The van der Waals surface area contributed by atoms with Gasteiger partial charge in [0.1, 0.15) is 11.6 Å². The number of aromatic nitrogens is 2. The predicted octanol–water partition coefficient (Wildman–Crippen LogP) is 4.49. The van der Waals surface area contributed by atoms with Gasteiger partial charge in [0, 0.05) is 24.2 Å². The van der Waals surface area contributed by atoms with Gasteiger partial charge in [0.15, 0.2) is 0 Å². The zero-order valence-corrected chi connectivity index (χ0v) is 16.9. The number of hydrogen-bond donors (Lipinski definition) is 3. The first-order chi connectivity index (χ1) is 14.8. The van der Waals surface area contributed by atoms with Crippen LogP contribution in [0.15, 0.2) is 60.7 Å². The van der Waals surface area contributed by atoms with Gasteiger partial charge in [-0.25, -0.2) is 4.98 Å². The smallest absolute Gasteiger partial charge is 0.406 e. The molecule has 3 aromatic rings. The summed E-state index contributed by atoms with van der Waals surface area (Å²) in [5.74, 6) is 0.430. The van der Waals surface area contributed by atoms with E-state index >= 15 is 0 Å². The molecule has 164 valence electrons. The number of nitrogens with zero attached hydrogens (tertiary/aromatic N) is 2. The second-order valence-corrected chi connectivity index (χ2v) is 6.93. The quantitative estimate of drug-likeness (QED) is 0.462. The van der Waals surface area contributed by atoms with Gasteiger partial charge in [-0.05, 0) is 31.0 Å². The van der Waals surface area contributed by atoms with Gasteiger partial charge in [-0.3, -0.25) is 0 Å². The summed E-state index contributed by atoms with van der Waals surface area (Å²) < 4.78 is 41.7. The van der Waals surface area contributed by atoms with Gasteiger partial charge in [0.05, 0.1) is 12.3 Å². The normalized spacial score (nSPS) is 12.3. The Labute approximate surface area is 178 Å². The third-order valence-corrected chi connectivity index (χ3v) is 4.30. The van der Waals surface area contributed by atoms with Crippen molar-refractivity contribution in [2.24, 2.45) is 0 Å². The number of benzene rings is 2. The molecule has 0 unspecified atom stereocenters. The van der Waals surface area contributed by atoms with Crippen molar-refractivity contribution in [3.8, 4) is 17.0 Å². The molecule has 0 aliphatic carbocycles. The second-order valence-electron chi connectivity index (χ2n) is 6.93. The van der Waals surface area contributed by atoms with Crippen LogP contribution in [0.3, 0.4) is 0 Å². The molecule has 0 spiro atoms. The fourth-order valence-corrected chi connectivity index (χ4v) is 2.85. The van der Waals surface area contributed by atoms with E-state index in [-0.39, 0.29) is 24.3 Å². The molecule has 0 radical (unpaired) electrons. The van der Waals surface area contributed by atoms with Crippen LogP contribution in [0.25, 0.3) is 11.3 Å². The van der Waals surface area contributed by atoms with E-state index in [0.29, 0.717) is 23.6 Å². The molecule has 1 aromatic heterocycles. The maximum Gasteiger partial charge on any atom is 0.573 e. The van der Waals surface area contributed by atoms with Gasteiger partial charge in [0.2, 0.25) is 5.95 Å². The summed E-state index contributed by atoms with van der Waals surface area (Å²) in [6, 6.07) is 16.9. The average molecular weight is 432 g/mol. The third-order valence-electron chi connectivity index (χ3n) is 4.30. The molecule has 0 aliphatic heterocycles. The van der Waals surface area contributed by atoms with Crippen LogP contribution in [0.2, 0.25) is 0 Å². The SMILES string of the molecule is C[C@@H](CO)Nc1nc(NCCc2ccccc2)cc(-c2cccc(OC(F)(F)F)c2)n1. The van der Waals surface area contributed by atoms with Crippen LogP contribution in [-0.4, -0.2) is 40.6 Å². The third kappa shape index (κ3) is 7.14. The Morgan fingerprint density at radius 3 is 2.52 bits per heavy atom. The fourth-order valence-electron chi connectivity index (χ4n) is 2.85. The first-order valence-electron chi connectivity index (χ1n) is 9.73. The lowest BCUT2D eigenvalue weighted by Gasteiger charge is -2.15. The molecule has 6 nitrogen and oxygen atoms in total. The molecule has 3 rings (SSSR count). The van der Waals surface area contributed by atoms with E-state index in [0.717, 1.165) is 12.0 Å². The molecule has 31 heavy (non-hydrogen) atoms. The van der Waals surface area contributed by atoms with Crippen LogP contribution in [0, 0.1) is 0 Å². The van der Waals surface area contributed by atoms with Crippen molar-refractivity contribution in [2.45, 2.75) is 25.7 Å². The highest BCUT2D eigenvalue weighted by Gasteiger charge is 2.31. The minimum absolute atomic E-state index is 0.126. The van der Waals surface area contributed by atoms with E-state index in [4.69, 9.17) is 0 Å². The van der Waals surface area contributed by atoms with Crippen molar-refractivity contribution in [3.63, 3.8) is 0 Å². The maximum absolute atomic E-state index is 12.6. The summed E-state index contributed by atoms with van der Waals surface area (Å²) in [5, 5.41) is 15.5. The van der Waals surface area contributed by atoms with E-state index in [9.17, 15) is 18.3 Å². The Morgan fingerprint density at radius 1 is 1.03 bits per heavy atom. The molecule has 0 aliphatic rings. The number of aliphatic hydroxyl groups is 1. The first kappa shape index (κ1) is 22.4. The minimum Gasteiger partial charge on any atom is -0.406 e. The van der Waals surface area contributed by atoms with Gasteiger partial charge in [-0.1, -0.05) is 42.5 Å². The predicted molar refractivity (Wildman–Crippen MR) is 113 cm³/mol. The summed E-state index contributed by atoms with van der Waals surface area (Å²) in [5.41, 5.74) is 2.01. The summed E-state index contributed by atoms with van der Waals surface area (Å²) in [7, 11) is 0. The largest absolute Gasteiger partial charge is 0.573 e. The van der Waals surface area contributed by atoms with Crippen LogP contribution in [0.5, 0.6) is 5.75 Å². The average Bonchev–Trinajstić information content (AvgIpc) is 2.73. The molecule has 9 heteroatoms. The highest BCUT2D eigenvalue weighted by atomic mass is 19.4. The van der Waals surface area contributed by atoms with Gasteiger partial charge in [-0.2, -0.15) is 4.98 Å². The number of nitrogens with one attached hydrogen (secondary N) is 2. The molecular weight excluding hydrogens is 409 g/mol. The maximum atomic E-state index is 12.6. The van der Waals surface area contributed by atoms with Crippen LogP contribution in [0.1, 0.15) is 12.5 Å². The van der Waals surface area contributed by atoms with Crippen molar-refractivity contribution in [1.82, 2.24) is 9.97 Å². The monoisotopic (exact) mass is 432 g/mol. The summed E-state index contributed by atoms with van der Waals surface area (Å²) in [6.45, 7) is 2.24. The fraction of sp³-hybridized carbons (Fsp3) is 0.273. The highest BCUT2D eigenvalue weighted by molar-refractivity contribution is 5.66. The Bertz CT molecular complexity index is 984. The molecule has 0 bridgehead atoms. The Hall–Kier alpha value is -3.33. The second kappa shape index (κ2) is 10.1. The standard InChI is InChI=1S/C22H23F3N4O2/c1-15(14-30)27-21-28-19(17-8-5-9-18(12-17)31-22(23,24)25)13-20(29-21)26-11-10-16-6-3-2-4-7-16/h2-9,12-13,15,30H,10-11,14H2,1H3,(H2,26,27,28,29)/t15-/m0/s1. The molecule has 3 N–H and O–H groups in total. The molecule has 2 aromatic carbocycles. The lowest BCUT2D eigenvalue weighted by atomic mass is 10.1. The van der Waals surface area contributed by atoms with E-state index < -0.39 is 6.36 Å². The van der Waals surface area contributed by atoms with E-state index in [1.807, 2.05) is 30.3 Å².